The van der Waals surface area contributed by atoms with Crippen LogP contribution in [0.15, 0.2) is 115 Å². The lowest BCUT2D eigenvalue weighted by Gasteiger charge is -2.35. The van der Waals surface area contributed by atoms with Gasteiger partial charge in [-0.15, -0.1) is 0 Å². The van der Waals surface area contributed by atoms with E-state index < -0.39 is 17.4 Å². The molecule has 5 heteroatoms. The Bertz CT molecular complexity index is 1220. The van der Waals surface area contributed by atoms with Crippen LogP contribution in [0, 0.1) is 0 Å². The normalized spacial score (nSPS) is 11.9. The molecular formula is C30H27NO4. The number of rotatable bonds is 8. The van der Waals surface area contributed by atoms with Crippen LogP contribution in [-0.2, 0) is 26.2 Å². The molecule has 0 saturated heterocycles. The second-order valence-corrected chi connectivity index (χ2v) is 8.27. The molecule has 4 aromatic rings. The van der Waals surface area contributed by atoms with Crippen molar-refractivity contribution in [1.82, 2.24) is 5.32 Å². The van der Waals surface area contributed by atoms with E-state index in [1.807, 2.05) is 91.0 Å². The Morgan fingerprint density at radius 2 is 1.20 bits per heavy atom. The molecule has 0 bridgehead atoms. The number of phenols is 1. The molecule has 35 heavy (non-hydrogen) atoms. The molecule has 0 aromatic heterocycles. The molecule has 2 N–H and O–H groups in total. The standard InChI is InChI=1S/C30H27NO4/c1-35-28(33)27(21-22-11-5-2-6-12-22)31-29(34)30(23-13-7-3-8-14-23,24-15-9-4-10-16-24)25-17-19-26(32)20-18-25/h2-20,27,32H,21H2,1H3,(H,31,34)/t27-/m1/s1. The van der Waals surface area contributed by atoms with Gasteiger partial charge in [0.15, 0.2) is 0 Å². The van der Waals surface area contributed by atoms with E-state index in [0.29, 0.717) is 5.56 Å². The third-order valence-electron chi connectivity index (χ3n) is 6.13. The fourth-order valence-corrected chi connectivity index (χ4v) is 4.43. The molecule has 0 aliphatic rings. The number of benzene rings is 4. The van der Waals surface area contributed by atoms with Gasteiger partial charge in [-0.3, -0.25) is 4.79 Å². The van der Waals surface area contributed by atoms with Crippen molar-refractivity contribution >= 4 is 11.9 Å². The minimum absolute atomic E-state index is 0.0979. The van der Waals surface area contributed by atoms with Gasteiger partial charge in [0.2, 0.25) is 5.91 Å². The lowest BCUT2D eigenvalue weighted by atomic mass is 9.68. The van der Waals surface area contributed by atoms with Gasteiger partial charge in [-0.25, -0.2) is 4.79 Å². The van der Waals surface area contributed by atoms with Crippen LogP contribution in [0.1, 0.15) is 22.3 Å². The third-order valence-corrected chi connectivity index (χ3v) is 6.13. The monoisotopic (exact) mass is 465 g/mol. The number of carbonyl (C=O) groups excluding carboxylic acids is 2. The number of aromatic hydroxyl groups is 1. The molecule has 0 heterocycles. The molecule has 0 spiro atoms. The Morgan fingerprint density at radius 1 is 0.743 bits per heavy atom. The second kappa shape index (κ2) is 10.7. The topological polar surface area (TPSA) is 75.6 Å². The summed E-state index contributed by atoms with van der Waals surface area (Å²) in [6.45, 7) is 0. The van der Waals surface area contributed by atoms with Crippen molar-refractivity contribution < 1.29 is 19.4 Å². The number of esters is 1. The van der Waals surface area contributed by atoms with Crippen LogP contribution in [0.4, 0.5) is 0 Å². The van der Waals surface area contributed by atoms with Crippen molar-refractivity contribution in [3.05, 3.63) is 138 Å². The van der Waals surface area contributed by atoms with E-state index in [9.17, 15) is 14.7 Å². The number of hydrogen-bond acceptors (Lipinski definition) is 4. The molecule has 176 valence electrons. The van der Waals surface area contributed by atoms with Gasteiger partial charge in [0, 0.05) is 6.42 Å². The summed E-state index contributed by atoms with van der Waals surface area (Å²) in [5, 5.41) is 12.9. The van der Waals surface area contributed by atoms with Crippen molar-refractivity contribution in [3.63, 3.8) is 0 Å². The number of carbonyl (C=O) groups is 2. The third kappa shape index (κ3) is 4.94. The maximum absolute atomic E-state index is 14.4. The molecular weight excluding hydrogens is 438 g/mol. The van der Waals surface area contributed by atoms with Crippen molar-refractivity contribution in [2.45, 2.75) is 17.9 Å². The highest BCUT2D eigenvalue weighted by Gasteiger charge is 2.45. The smallest absolute Gasteiger partial charge is 0.328 e. The van der Waals surface area contributed by atoms with Crippen LogP contribution < -0.4 is 5.32 Å². The summed E-state index contributed by atoms with van der Waals surface area (Å²) >= 11 is 0. The maximum Gasteiger partial charge on any atom is 0.328 e. The number of methoxy groups -OCH3 is 1. The van der Waals surface area contributed by atoms with E-state index in [4.69, 9.17) is 4.74 Å². The van der Waals surface area contributed by atoms with E-state index in [-0.39, 0.29) is 18.1 Å². The Labute approximate surface area is 205 Å². The quantitative estimate of drug-likeness (QED) is 0.294. The number of ether oxygens (including phenoxy) is 1. The van der Waals surface area contributed by atoms with E-state index in [1.165, 1.54) is 7.11 Å². The van der Waals surface area contributed by atoms with Crippen LogP contribution in [0.3, 0.4) is 0 Å². The summed E-state index contributed by atoms with van der Waals surface area (Å²) in [5.74, 6) is -0.796. The maximum atomic E-state index is 14.4. The fraction of sp³-hybridized carbons (Fsp3) is 0.133. The summed E-state index contributed by atoms with van der Waals surface area (Å²) in [5.41, 5.74) is 1.75. The number of amides is 1. The zero-order chi connectivity index (χ0) is 24.7. The molecule has 4 aromatic carbocycles. The summed E-state index contributed by atoms with van der Waals surface area (Å²) < 4.78 is 5.04. The largest absolute Gasteiger partial charge is 0.508 e. The molecule has 0 saturated carbocycles. The first kappa shape index (κ1) is 23.8. The van der Waals surface area contributed by atoms with Crippen molar-refractivity contribution in [3.8, 4) is 5.75 Å². The zero-order valence-corrected chi connectivity index (χ0v) is 19.4. The van der Waals surface area contributed by atoms with Gasteiger partial charge < -0.3 is 15.2 Å². The minimum atomic E-state index is -1.28. The molecule has 0 aliphatic heterocycles. The number of nitrogens with one attached hydrogen (secondary N) is 1. The molecule has 4 rings (SSSR count). The molecule has 0 unspecified atom stereocenters. The van der Waals surface area contributed by atoms with Gasteiger partial charge in [0.05, 0.1) is 7.11 Å². The lowest BCUT2D eigenvalue weighted by Crippen LogP contribution is -2.52. The second-order valence-electron chi connectivity index (χ2n) is 8.27. The van der Waals surface area contributed by atoms with E-state index in [2.05, 4.69) is 5.32 Å². The van der Waals surface area contributed by atoms with Gasteiger partial charge in [0.25, 0.3) is 0 Å². The van der Waals surface area contributed by atoms with Gasteiger partial charge in [0.1, 0.15) is 17.2 Å². The molecule has 5 nitrogen and oxygen atoms in total. The molecule has 0 fully saturated rings. The highest BCUT2D eigenvalue weighted by molar-refractivity contribution is 5.98. The fourth-order valence-electron chi connectivity index (χ4n) is 4.43. The first-order valence-electron chi connectivity index (χ1n) is 11.4. The molecule has 0 aliphatic carbocycles. The van der Waals surface area contributed by atoms with Gasteiger partial charge in [-0.05, 0) is 34.4 Å². The highest BCUT2D eigenvalue weighted by atomic mass is 16.5. The van der Waals surface area contributed by atoms with Gasteiger partial charge in [-0.1, -0.05) is 103 Å². The predicted molar refractivity (Wildman–Crippen MR) is 135 cm³/mol. The summed E-state index contributed by atoms with van der Waals surface area (Å²) in [6.07, 6.45) is 0.286. The van der Waals surface area contributed by atoms with Crippen molar-refractivity contribution in [2.24, 2.45) is 0 Å². The summed E-state index contributed by atoms with van der Waals surface area (Å²) in [4.78, 5) is 27.2. The van der Waals surface area contributed by atoms with Crippen LogP contribution in [0.5, 0.6) is 5.75 Å². The minimum Gasteiger partial charge on any atom is -0.508 e. The van der Waals surface area contributed by atoms with Gasteiger partial charge in [-0.2, -0.15) is 0 Å². The van der Waals surface area contributed by atoms with Crippen molar-refractivity contribution in [1.29, 1.82) is 0 Å². The average molecular weight is 466 g/mol. The first-order valence-corrected chi connectivity index (χ1v) is 11.4. The number of hydrogen-bond donors (Lipinski definition) is 2. The lowest BCUT2D eigenvalue weighted by molar-refractivity contribution is -0.145. The van der Waals surface area contributed by atoms with E-state index in [1.54, 1.807) is 24.3 Å². The zero-order valence-electron chi connectivity index (χ0n) is 19.4. The van der Waals surface area contributed by atoms with Crippen LogP contribution in [0.2, 0.25) is 0 Å². The Hall–Kier alpha value is -4.38. The Balaban J connectivity index is 1.87. The van der Waals surface area contributed by atoms with Crippen LogP contribution in [-0.4, -0.2) is 30.1 Å². The van der Waals surface area contributed by atoms with Gasteiger partial charge >= 0.3 is 5.97 Å². The van der Waals surface area contributed by atoms with Crippen molar-refractivity contribution in [2.75, 3.05) is 7.11 Å². The summed E-state index contributed by atoms with van der Waals surface area (Å²) in [6, 6.07) is 34.1. The summed E-state index contributed by atoms with van der Waals surface area (Å²) in [7, 11) is 1.31. The number of phenolic OH excluding ortho intramolecular Hbond substituents is 1. The molecule has 1 atom stereocenters. The first-order chi connectivity index (χ1) is 17.1. The average Bonchev–Trinajstić information content (AvgIpc) is 2.91. The van der Waals surface area contributed by atoms with Crippen LogP contribution >= 0.6 is 0 Å². The Morgan fingerprint density at radius 3 is 1.69 bits per heavy atom. The SMILES string of the molecule is COC(=O)[C@@H](Cc1ccccc1)NC(=O)C(c1ccccc1)(c1ccccc1)c1ccc(O)cc1. The predicted octanol–water partition coefficient (Wildman–Crippen LogP) is 4.63. The molecule has 0 radical (unpaired) electrons. The Kier molecular flexibility index (Phi) is 7.27. The van der Waals surface area contributed by atoms with E-state index >= 15 is 0 Å². The highest BCUT2D eigenvalue weighted by Crippen LogP contribution is 2.40. The molecule has 1 amide bonds. The van der Waals surface area contributed by atoms with E-state index in [0.717, 1.165) is 16.7 Å². The van der Waals surface area contributed by atoms with Crippen LogP contribution in [0.25, 0.3) is 0 Å².